The van der Waals surface area contributed by atoms with Crippen molar-refractivity contribution in [2.45, 2.75) is 32.7 Å². The Hall–Kier alpha value is -4.84. The number of carbonyl (C=O) groups excluding carboxylic acids is 1. The number of aryl methyl sites for hydroxylation is 1. The molecule has 2 aliphatic heterocycles. The minimum atomic E-state index is -0.651. The quantitative estimate of drug-likeness (QED) is 0.276. The summed E-state index contributed by atoms with van der Waals surface area (Å²) >= 11 is 0. The van der Waals surface area contributed by atoms with Crippen molar-refractivity contribution in [3.8, 4) is 28.4 Å². The Morgan fingerprint density at radius 2 is 1.95 bits per heavy atom. The summed E-state index contributed by atoms with van der Waals surface area (Å²) in [5.41, 5.74) is 6.00. The minimum Gasteiger partial charge on any atom is -0.505 e. The van der Waals surface area contributed by atoms with Crippen molar-refractivity contribution in [3.05, 3.63) is 71.2 Å². The van der Waals surface area contributed by atoms with E-state index in [0.29, 0.717) is 43.1 Å². The molecule has 5 aromatic rings. The molecular formula is C32H34FN9O2. The molecule has 226 valence electrons. The second-order valence-corrected chi connectivity index (χ2v) is 11.5. The highest BCUT2D eigenvalue weighted by atomic mass is 19.1. The van der Waals surface area contributed by atoms with E-state index in [1.807, 2.05) is 25.1 Å². The summed E-state index contributed by atoms with van der Waals surface area (Å²) in [4.78, 5) is 37.1. The third kappa shape index (κ3) is 5.15. The van der Waals surface area contributed by atoms with E-state index in [9.17, 15) is 14.3 Å². The Labute approximate surface area is 253 Å². The zero-order valence-electron chi connectivity index (χ0n) is 24.8. The lowest BCUT2D eigenvalue weighted by Gasteiger charge is -2.26. The lowest BCUT2D eigenvalue weighted by molar-refractivity contribution is 0.0725. The van der Waals surface area contributed by atoms with Crippen molar-refractivity contribution in [2.75, 3.05) is 44.7 Å². The summed E-state index contributed by atoms with van der Waals surface area (Å²) in [5.74, 6) is 0.216. The Bertz CT molecular complexity index is 1870. The van der Waals surface area contributed by atoms with E-state index in [-0.39, 0.29) is 11.7 Å². The van der Waals surface area contributed by atoms with Crippen LogP contribution >= 0.6 is 0 Å². The number of aromatic amines is 2. The molecule has 2 aromatic carbocycles. The molecule has 2 aliphatic rings. The third-order valence-electron chi connectivity index (χ3n) is 8.66. The standard InChI is InChI=1S/C32H34FN9O2/c1-3-19-14-28(43)23(33)15-22(19)20-5-6-21-25(13-20)38-39-30(21)31-36-24-7-10-42(18-27(24)37-31)32(44)26-16-34-17-29(35-26)41-9-4-8-40(2)11-12-41/h5-6,13-17,43H,3-4,7-12,18H2,1-2H3,(H,36,37)(H,38,39). The van der Waals surface area contributed by atoms with Crippen molar-refractivity contribution in [1.29, 1.82) is 0 Å². The van der Waals surface area contributed by atoms with Gasteiger partial charge in [0.05, 0.1) is 35.8 Å². The number of hydrogen-bond donors (Lipinski definition) is 3. The SMILES string of the molecule is CCc1cc(O)c(F)cc1-c1ccc2c(-c3nc4c([nH]3)CN(C(=O)c3cncc(N5CCCN(C)CC5)n3)CC4)n[nH]c2c1. The van der Waals surface area contributed by atoms with Crippen LogP contribution in [0.2, 0.25) is 0 Å². The first-order valence-corrected chi connectivity index (χ1v) is 15.0. The first-order valence-electron chi connectivity index (χ1n) is 15.0. The molecule has 5 heterocycles. The van der Waals surface area contributed by atoms with Gasteiger partial charge in [-0.25, -0.2) is 14.4 Å². The number of rotatable bonds is 5. The summed E-state index contributed by atoms with van der Waals surface area (Å²) in [5, 5.41) is 18.3. The number of amides is 1. The number of hydrogen-bond acceptors (Lipinski definition) is 8. The third-order valence-corrected chi connectivity index (χ3v) is 8.66. The van der Waals surface area contributed by atoms with Crippen LogP contribution in [-0.2, 0) is 19.4 Å². The fourth-order valence-corrected chi connectivity index (χ4v) is 6.16. The smallest absolute Gasteiger partial charge is 0.274 e. The number of benzene rings is 2. The molecule has 1 fully saturated rings. The number of imidazole rings is 1. The summed E-state index contributed by atoms with van der Waals surface area (Å²) in [6.45, 7) is 6.62. The zero-order chi connectivity index (χ0) is 30.4. The van der Waals surface area contributed by atoms with Gasteiger partial charge in [-0.3, -0.25) is 14.9 Å². The summed E-state index contributed by atoms with van der Waals surface area (Å²) < 4.78 is 14.2. The van der Waals surface area contributed by atoms with Crippen LogP contribution < -0.4 is 4.90 Å². The molecule has 1 amide bonds. The van der Waals surface area contributed by atoms with Crippen molar-refractivity contribution >= 4 is 22.6 Å². The van der Waals surface area contributed by atoms with Gasteiger partial charge in [0.2, 0.25) is 0 Å². The molecule has 0 spiro atoms. The molecule has 0 bridgehead atoms. The van der Waals surface area contributed by atoms with Gasteiger partial charge in [-0.2, -0.15) is 5.10 Å². The molecular weight excluding hydrogens is 561 g/mol. The fourth-order valence-electron chi connectivity index (χ4n) is 6.16. The molecule has 0 unspecified atom stereocenters. The summed E-state index contributed by atoms with van der Waals surface area (Å²) in [6, 6.07) is 8.65. The lowest BCUT2D eigenvalue weighted by Crippen LogP contribution is -2.37. The maximum Gasteiger partial charge on any atom is 0.274 e. The number of H-pyrrole nitrogens is 2. The minimum absolute atomic E-state index is 0.150. The first-order chi connectivity index (χ1) is 21.4. The lowest BCUT2D eigenvalue weighted by atomic mass is 9.96. The number of aromatic hydroxyl groups is 1. The van der Waals surface area contributed by atoms with Crippen LogP contribution in [0.4, 0.5) is 10.2 Å². The van der Waals surface area contributed by atoms with Gasteiger partial charge in [-0.05, 0) is 67.4 Å². The number of phenols is 1. The fraction of sp³-hybridized carbons (Fsp3) is 0.344. The largest absolute Gasteiger partial charge is 0.505 e. The van der Waals surface area contributed by atoms with Gasteiger partial charge in [0, 0.05) is 38.0 Å². The number of nitrogens with zero attached hydrogens (tertiary/aromatic N) is 7. The Morgan fingerprint density at radius 1 is 1.07 bits per heavy atom. The van der Waals surface area contributed by atoms with Crippen LogP contribution in [0.15, 0.2) is 42.7 Å². The highest BCUT2D eigenvalue weighted by molar-refractivity contribution is 5.94. The highest BCUT2D eigenvalue weighted by Crippen LogP contribution is 2.34. The van der Waals surface area contributed by atoms with Crippen LogP contribution in [0.3, 0.4) is 0 Å². The van der Waals surface area contributed by atoms with E-state index >= 15 is 0 Å². The van der Waals surface area contributed by atoms with Crippen LogP contribution in [0, 0.1) is 5.82 Å². The molecule has 11 nitrogen and oxygen atoms in total. The predicted octanol–water partition coefficient (Wildman–Crippen LogP) is 4.16. The Balaban J connectivity index is 1.11. The molecule has 3 N–H and O–H groups in total. The van der Waals surface area contributed by atoms with E-state index in [2.05, 4.69) is 37.0 Å². The second-order valence-electron chi connectivity index (χ2n) is 11.5. The highest BCUT2D eigenvalue weighted by Gasteiger charge is 2.27. The van der Waals surface area contributed by atoms with Crippen molar-refractivity contribution < 1.29 is 14.3 Å². The van der Waals surface area contributed by atoms with Gasteiger partial charge >= 0.3 is 0 Å². The maximum absolute atomic E-state index is 14.2. The van der Waals surface area contributed by atoms with Gasteiger partial charge < -0.3 is 24.8 Å². The van der Waals surface area contributed by atoms with Crippen molar-refractivity contribution in [3.63, 3.8) is 0 Å². The van der Waals surface area contributed by atoms with Gasteiger partial charge in [0.25, 0.3) is 5.91 Å². The number of halogens is 1. The number of carbonyl (C=O) groups is 1. The van der Waals surface area contributed by atoms with E-state index in [4.69, 9.17) is 9.97 Å². The van der Waals surface area contributed by atoms with Crippen LogP contribution in [-0.4, -0.2) is 90.7 Å². The maximum atomic E-state index is 14.2. The van der Waals surface area contributed by atoms with Crippen LogP contribution in [0.25, 0.3) is 33.5 Å². The van der Waals surface area contributed by atoms with E-state index in [0.717, 1.165) is 77.4 Å². The van der Waals surface area contributed by atoms with E-state index in [1.165, 1.54) is 12.1 Å². The number of anilines is 1. The van der Waals surface area contributed by atoms with E-state index < -0.39 is 5.82 Å². The summed E-state index contributed by atoms with van der Waals surface area (Å²) in [6.07, 6.45) is 5.59. The second kappa shape index (κ2) is 11.3. The molecule has 44 heavy (non-hydrogen) atoms. The van der Waals surface area contributed by atoms with Crippen LogP contribution in [0.5, 0.6) is 5.75 Å². The van der Waals surface area contributed by atoms with Crippen molar-refractivity contribution in [2.24, 2.45) is 0 Å². The number of fused-ring (bicyclic) bond motifs is 2. The molecule has 0 aliphatic carbocycles. The van der Waals surface area contributed by atoms with Crippen molar-refractivity contribution in [1.82, 2.24) is 39.9 Å². The first kappa shape index (κ1) is 28.0. The molecule has 7 rings (SSSR count). The number of nitrogens with one attached hydrogen (secondary N) is 2. The number of phenolic OH excluding ortho intramolecular Hbond substituents is 1. The average Bonchev–Trinajstić information content (AvgIpc) is 3.59. The normalized spacial score (nSPS) is 15.9. The average molecular weight is 596 g/mol. The molecule has 3 aromatic heterocycles. The number of aromatic nitrogens is 6. The number of likely N-dealkylation sites (N-methyl/N-ethyl adjacent to an activating group) is 1. The molecule has 12 heteroatoms. The van der Waals surface area contributed by atoms with E-state index in [1.54, 1.807) is 17.3 Å². The molecule has 0 saturated carbocycles. The molecule has 0 atom stereocenters. The molecule has 1 saturated heterocycles. The Morgan fingerprint density at radius 3 is 2.82 bits per heavy atom. The monoisotopic (exact) mass is 595 g/mol. The topological polar surface area (TPSA) is 130 Å². The zero-order valence-corrected chi connectivity index (χ0v) is 24.8. The molecule has 0 radical (unpaired) electrons. The predicted molar refractivity (Wildman–Crippen MR) is 165 cm³/mol. The Kier molecular flexibility index (Phi) is 7.21. The van der Waals surface area contributed by atoms with Gasteiger partial charge in [0.15, 0.2) is 17.4 Å². The van der Waals surface area contributed by atoms with Gasteiger partial charge in [-0.1, -0.05) is 13.0 Å². The summed E-state index contributed by atoms with van der Waals surface area (Å²) in [7, 11) is 2.12. The van der Waals surface area contributed by atoms with Gasteiger partial charge in [-0.15, -0.1) is 0 Å². The van der Waals surface area contributed by atoms with Gasteiger partial charge in [0.1, 0.15) is 17.2 Å². The van der Waals surface area contributed by atoms with Crippen LogP contribution in [0.1, 0.15) is 40.8 Å².